The van der Waals surface area contributed by atoms with Crippen molar-refractivity contribution in [3.05, 3.63) is 30.3 Å². The van der Waals surface area contributed by atoms with Gasteiger partial charge >= 0.3 is 0 Å². The fourth-order valence-corrected chi connectivity index (χ4v) is 3.81. The topological polar surface area (TPSA) is 105 Å². The van der Waals surface area contributed by atoms with Crippen LogP contribution in [0.25, 0.3) is 0 Å². The molecule has 1 amide bonds. The third-order valence-electron chi connectivity index (χ3n) is 3.05. The molecule has 5 N–H and O–H groups in total. The second-order valence-corrected chi connectivity index (χ2v) is 7.07. The Kier molecular flexibility index (Phi) is 4.76. The largest absolute Gasteiger partial charge is 0.374 e. The van der Waals surface area contributed by atoms with Gasteiger partial charge in [0.1, 0.15) is 0 Å². The summed E-state index contributed by atoms with van der Waals surface area (Å²) in [5, 5.41) is 17.7. The minimum absolute atomic E-state index is 0.0227. The van der Waals surface area contributed by atoms with Crippen molar-refractivity contribution in [1.82, 2.24) is 20.8 Å². The van der Waals surface area contributed by atoms with E-state index in [9.17, 15) is 4.79 Å². The molecule has 3 rings (SSSR count). The lowest BCUT2D eigenvalue weighted by molar-refractivity contribution is -0.123. The van der Waals surface area contributed by atoms with Crippen LogP contribution in [0.1, 0.15) is 6.42 Å². The third-order valence-corrected chi connectivity index (χ3v) is 5.10. The zero-order valence-electron chi connectivity index (χ0n) is 11.7. The summed E-state index contributed by atoms with van der Waals surface area (Å²) in [7, 11) is 0. The van der Waals surface area contributed by atoms with Gasteiger partial charge in [0.2, 0.25) is 11.0 Å². The van der Waals surface area contributed by atoms with Crippen LogP contribution in [0.4, 0.5) is 10.8 Å². The van der Waals surface area contributed by atoms with Gasteiger partial charge in [-0.2, -0.15) is 0 Å². The highest BCUT2D eigenvalue weighted by atomic mass is 32.2. The van der Waals surface area contributed by atoms with E-state index in [1.165, 1.54) is 11.3 Å². The maximum absolute atomic E-state index is 11.8. The van der Waals surface area contributed by atoms with Crippen molar-refractivity contribution in [3.8, 4) is 0 Å². The molecule has 0 spiro atoms. The van der Waals surface area contributed by atoms with Crippen LogP contribution in [0.15, 0.2) is 34.7 Å². The molecular weight excluding hydrogens is 320 g/mol. The first-order chi connectivity index (χ1) is 10.7. The molecule has 1 aromatic heterocycles. The van der Waals surface area contributed by atoms with Gasteiger partial charge in [0.25, 0.3) is 0 Å². The van der Waals surface area contributed by atoms with E-state index in [0.29, 0.717) is 11.6 Å². The molecule has 1 aliphatic rings. The normalized spacial score (nSPS) is 21.4. The number of rotatable bonds is 5. The number of nitrogens with one attached hydrogen (secondary N) is 3. The lowest BCUT2D eigenvalue weighted by Crippen LogP contribution is -2.60. The Morgan fingerprint density at radius 2 is 2.18 bits per heavy atom. The van der Waals surface area contributed by atoms with Crippen molar-refractivity contribution < 1.29 is 4.79 Å². The molecule has 2 atom stereocenters. The highest BCUT2D eigenvalue weighted by Crippen LogP contribution is 2.25. The van der Waals surface area contributed by atoms with Crippen molar-refractivity contribution >= 4 is 39.8 Å². The second kappa shape index (κ2) is 6.95. The summed E-state index contributed by atoms with van der Waals surface area (Å²) in [6, 6.07) is 9.81. The second-order valence-electron chi connectivity index (χ2n) is 4.80. The first-order valence-corrected chi connectivity index (χ1v) is 8.58. The van der Waals surface area contributed by atoms with Crippen molar-refractivity contribution in [3.63, 3.8) is 0 Å². The van der Waals surface area contributed by atoms with E-state index >= 15 is 0 Å². The van der Waals surface area contributed by atoms with Gasteiger partial charge in [-0.1, -0.05) is 41.3 Å². The highest BCUT2D eigenvalue weighted by Gasteiger charge is 2.25. The summed E-state index contributed by atoms with van der Waals surface area (Å²) < 4.78 is 0.817. The number of hydrogen-bond acceptors (Lipinski definition) is 8. The summed E-state index contributed by atoms with van der Waals surface area (Å²) in [5.74, 6) is 0.754. The minimum atomic E-state index is -0.284. The number of para-hydroxylation sites is 1. The number of nitrogen functional groups attached to an aromatic ring is 1. The number of thioether (sulfide) groups is 1. The van der Waals surface area contributed by atoms with E-state index < -0.39 is 0 Å². The molecule has 116 valence electrons. The third kappa shape index (κ3) is 4.09. The van der Waals surface area contributed by atoms with Gasteiger partial charge in [-0.15, -0.1) is 10.2 Å². The Hall–Kier alpha value is -1.84. The molecule has 1 fully saturated rings. The number of benzene rings is 1. The van der Waals surface area contributed by atoms with Crippen LogP contribution < -0.4 is 21.7 Å². The molecule has 2 aromatic rings. The minimum Gasteiger partial charge on any atom is -0.374 e. The molecule has 2 heterocycles. The Labute approximate surface area is 136 Å². The van der Waals surface area contributed by atoms with Crippen molar-refractivity contribution in [2.75, 3.05) is 16.8 Å². The quantitative estimate of drug-likeness (QED) is 0.606. The number of anilines is 2. The molecule has 0 saturated carbocycles. The monoisotopic (exact) mass is 336 g/mol. The van der Waals surface area contributed by atoms with Gasteiger partial charge in [0.15, 0.2) is 10.6 Å². The fourth-order valence-electron chi connectivity index (χ4n) is 2.12. The zero-order chi connectivity index (χ0) is 15.4. The maximum atomic E-state index is 11.8. The number of carbonyl (C=O) groups is 1. The average molecular weight is 336 g/mol. The van der Waals surface area contributed by atoms with Crippen molar-refractivity contribution in [1.29, 1.82) is 0 Å². The lowest BCUT2D eigenvalue weighted by Gasteiger charge is -2.32. The fraction of sp³-hybridized carbons (Fsp3) is 0.308. The summed E-state index contributed by atoms with van der Waals surface area (Å²) in [6.45, 7) is 0. The van der Waals surface area contributed by atoms with Crippen LogP contribution in [0.5, 0.6) is 0 Å². The summed E-state index contributed by atoms with van der Waals surface area (Å²) in [4.78, 5) is 11.8. The number of amides is 1. The molecule has 9 heteroatoms. The molecule has 2 unspecified atom stereocenters. The predicted molar refractivity (Wildman–Crippen MR) is 88.6 cm³/mol. The maximum Gasteiger partial charge on any atom is 0.224 e. The predicted octanol–water partition coefficient (Wildman–Crippen LogP) is 1.09. The van der Waals surface area contributed by atoms with Crippen LogP contribution in [-0.2, 0) is 4.79 Å². The van der Waals surface area contributed by atoms with Crippen LogP contribution in [-0.4, -0.2) is 34.2 Å². The molecule has 0 aliphatic carbocycles. The molecular formula is C13H16N6OS2. The van der Waals surface area contributed by atoms with Gasteiger partial charge in [0.05, 0.1) is 0 Å². The van der Waals surface area contributed by atoms with E-state index in [4.69, 9.17) is 5.73 Å². The van der Waals surface area contributed by atoms with E-state index in [2.05, 4.69) is 26.1 Å². The Bertz CT molecular complexity index is 634. The first kappa shape index (κ1) is 15.1. The first-order valence-electron chi connectivity index (χ1n) is 6.78. The van der Waals surface area contributed by atoms with Crippen LogP contribution in [0, 0.1) is 0 Å². The Balaban J connectivity index is 1.55. The van der Waals surface area contributed by atoms with Gasteiger partial charge in [-0.3, -0.25) is 10.1 Å². The number of aromatic nitrogens is 2. The molecule has 0 radical (unpaired) electrons. The number of carbonyl (C=O) groups excluding carboxylic acids is 1. The van der Waals surface area contributed by atoms with Gasteiger partial charge in [-0.05, 0) is 12.1 Å². The summed E-state index contributed by atoms with van der Waals surface area (Å²) in [5.41, 5.74) is 6.51. The standard InChI is InChI=1S/C13H16N6OS2/c14-11-18-19-13(22-11)21-7-9-6-10(20)17-12(16-9)15-8-4-2-1-3-5-8/h1-5,9,12,15-16H,6-7H2,(H2,14,18)(H,17,20). The average Bonchev–Trinajstić information content (AvgIpc) is 2.91. The number of hydrogen-bond donors (Lipinski definition) is 4. The summed E-state index contributed by atoms with van der Waals surface area (Å²) >= 11 is 2.91. The molecule has 22 heavy (non-hydrogen) atoms. The van der Waals surface area contributed by atoms with E-state index in [0.717, 1.165) is 15.8 Å². The smallest absolute Gasteiger partial charge is 0.224 e. The van der Waals surface area contributed by atoms with Crippen molar-refractivity contribution in [2.45, 2.75) is 23.1 Å². The highest BCUT2D eigenvalue weighted by molar-refractivity contribution is 8.01. The zero-order valence-corrected chi connectivity index (χ0v) is 13.3. The van der Waals surface area contributed by atoms with Crippen LogP contribution in [0.3, 0.4) is 0 Å². The molecule has 0 bridgehead atoms. The number of nitrogens with zero attached hydrogens (tertiary/aromatic N) is 2. The van der Waals surface area contributed by atoms with E-state index in [-0.39, 0.29) is 18.2 Å². The van der Waals surface area contributed by atoms with Gasteiger partial charge in [-0.25, -0.2) is 0 Å². The SMILES string of the molecule is Nc1nnc(SCC2CC(=O)NC(Nc3ccccc3)N2)s1. The number of nitrogens with two attached hydrogens (primary N) is 1. The van der Waals surface area contributed by atoms with Gasteiger partial charge < -0.3 is 16.4 Å². The molecule has 1 aliphatic heterocycles. The van der Waals surface area contributed by atoms with E-state index in [1.807, 2.05) is 30.3 Å². The van der Waals surface area contributed by atoms with Crippen LogP contribution in [0.2, 0.25) is 0 Å². The molecule has 7 nitrogen and oxygen atoms in total. The van der Waals surface area contributed by atoms with Crippen LogP contribution >= 0.6 is 23.1 Å². The van der Waals surface area contributed by atoms with E-state index in [1.54, 1.807) is 11.8 Å². The molecule has 1 saturated heterocycles. The molecule has 1 aromatic carbocycles. The van der Waals surface area contributed by atoms with Gasteiger partial charge in [0, 0.05) is 23.9 Å². The Morgan fingerprint density at radius 1 is 1.36 bits per heavy atom. The van der Waals surface area contributed by atoms with Crippen molar-refractivity contribution in [2.24, 2.45) is 0 Å². The lowest BCUT2D eigenvalue weighted by atomic mass is 10.2. The summed E-state index contributed by atoms with van der Waals surface area (Å²) in [6.07, 6.45) is 0.155. The Morgan fingerprint density at radius 3 is 2.91 bits per heavy atom.